The summed E-state index contributed by atoms with van der Waals surface area (Å²) in [5.41, 5.74) is 2.81. The van der Waals surface area contributed by atoms with Gasteiger partial charge >= 0.3 is 0 Å². The van der Waals surface area contributed by atoms with Crippen molar-refractivity contribution in [1.82, 2.24) is 10.2 Å². The van der Waals surface area contributed by atoms with Gasteiger partial charge in [-0.3, -0.25) is 9.59 Å². The van der Waals surface area contributed by atoms with E-state index in [0.29, 0.717) is 42.6 Å². The quantitative estimate of drug-likeness (QED) is 0.640. The number of rotatable bonds is 2. The molecule has 2 heterocycles. The first-order valence-electron chi connectivity index (χ1n) is 10.7. The minimum atomic E-state index is -0.684. The molecule has 0 unspecified atom stereocenters. The molecule has 2 aliphatic heterocycles. The van der Waals surface area contributed by atoms with Gasteiger partial charge in [-0.05, 0) is 56.2 Å². The van der Waals surface area contributed by atoms with E-state index in [1.807, 2.05) is 11.8 Å². The van der Waals surface area contributed by atoms with Crippen LogP contribution >= 0.6 is 15.9 Å². The molecule has 0 radical (unpaired) electrons. The molecular weight excluding hydrogens is 447 g/mol. The summed E-state index contributed by atoms with van der Waals surface area (Å²) in [4.78, 5) is 28.8. The van der Waals surface area contributed by atoms with Gasteiger partial charge in [-0.2, -0.15) is 0 Å². The predicted molar refractivity (Wildman–Crippen MR) is 118 cm³/mol. The van der Waals surface area contributed by atoms with E-state index in [4.69, 9.17) is 0 Å². The van der Waals surface area contributed by atoms with E-state index < -0.39 is 11.7 Å². The van der Waals surface area contributed by atoms with Crippen molar-refractivity contribution in [1.29, 1.82) is 0 Å². The summed E-state index contributed by atoms with van der Waals surface area (Å²) in [6.45, 7) is 7.42. The Morgan fingerprint density at radius 3 is 2.60 bits per heavy atom. The minimum absolute atomic E-state index is 0.00503. The second-order valence-electron chi connectivity index (χ2n) is 9.45. The van der Waals surface area contributed by atoms with Crippen LogP contribution in [0.4, 0.5) is 4.39 Å². The molecule has 0 aromatic heterocycles. The molecule has 0 bridgehead atoms. The monoisotopic (exact) mass is 474 g/mol. The SMILES string of the molecule is CC1=C(C(=O)N2CCCCC2)[C@@H](c2cc(Br)ccc2F)C2=C(CC(C)(C)CC2=O)N1. The van der Waals surface area contributed by atoms with Crippen molar-refractivity contribution >= 4 is 27.6 Å². The van der Waals surface area contributed by atoms with E-state index in [-0.39, 0.29) is 17.1 Å². The van der Waals surface area contributed by atoms with Gasteiger partial charge in [0.25, 0.3) is 5.91 Å². The Bertz CT molecular complexity index is 973. The van der Waals surface area contributed by atoms with Gasteiger partial charge in [-0.25, -0.2) is 4.39 Å². The molecule has 0 spiro atoms. The fourth-order valence-electron chi connectivity index (χ4n) is 5.03. The van der Waals surface area contributed by atoms with Gasteiger partial charge in [0.05, 0.1) is 0 Å². The molecule has 1 fully saturated rings. The molecule has 1 saturated heterocycles. The van der Waals surface area contributed by atoms with Gasteiger partial charge in [0.2, 0.25) is 0 Å². The number of nitrogens with zero attached hydrogens (tertiary/aromatic N) is 1. The van der Waals surface area contributed by atoms with Gasteiger partial charge in [0.15, 0.2) is 5.78 Å². The van der Waals surface area contributed by atoms with Crippen molar-refractivity contribution in [3.05, 3.63) is 56.6 Å². The van der Waals surface area contributed by atoms with Crippen molar-refractivity contribution in [3.8, 4) is 0 Å². The maximum Gasteiger partial charge on any atom is 0.252 e. The van der Waals surface area contributed by atoms with E-state index >= 15 is 4.39 Å². The summed E-state index contributed by atoms with van der Waals surface area (Å²) in [6, 6.07) is 4.75. The Kier molecular flexibility index (Phi) is 5.64. The lowest BCUT2D eigenvalue weighted by Gasteiger charge is -2.41. The number of carbonyl (C=O) groups excluding carboxylic acids is 2. The highest BCUT2D eigenvalue weighted by Crippen LogP contribution is 2.47. The number of likely N-dealkylation sites (tertiary alicyclic amines) is 1. The molecule has 1 atom stereocenters. The number of hydrogen-bond donors (Lipinski definition) is 1. The van der Waals surface area contributed by atoms with Gasteiger partial charge in [0.1, 0.15) is 5.82 Å². The molecule has 1 amide bonds. The zero-order chi connectivity index (χ0) is 21.6. The third kappa shape index (κ3) is 3.86. The number of carbonyl (C=O) groups is 2. The number of halogens is 2. The van der Waals surface area contributed by atoms with Crippen LogP contribution in [-0.4, -0.2) is 29.7 Å². The Morgan fingerprint density at radius 1 is 1.20 bits per heavy atom. The normalized spacial score (nSPS) is 24.0. The molecule has 6 heteroatoms. The number of ketones is 1. The van der Waals surface area contributed by atoms with Gasteiger partial charge in [-0.1, -0.05) is 29.8 Å². The van der Waals surface area contributed by atoms with E-state index in [9.17, 15) is 9.59 Å². The van der Waals surface area contributed by atoms with Crippen LogP contribution in [0.1, 0.15) is 64.4 Å². The number of piperidine rings is 1. The minimum Gasteiger partial charge on any atom is -0.362 e. The van der Waals surface area contributed by atoms with Crippen molar-refractivity contribution in [3.63, 3.8) is 0 Å². The van der Waals surface area contributed by atoms with E-state index in [2.05, 4.69) is 35.1 Å². The van der Waals surface area contributed by atoms with Gasteiger partial charge < -0.3 is 10.2 Å². The second-order valence-corrected chi connectivity index (χ2v) is 10.4. The van der Waals surface area contributed by atoms with Crippen LogP contribution in [0.3, 0.4) is 0 Å². The van der Waals surface area contributed by atoms with Crippen molar-refractivity contribution in [2.45, 2.75) is 58.8 Å². The zero-order valence-corrected chi connectivity index (χ0v) is 19.4. The molecule has 4 nitrogen and oxygen atoms in total. The largest absolute Gasteiger partial charge is 0.362 e. The van der Waals surface area contributed by atoms with Crippen LogP contribution in [0.2, 0.25) is 0 Å². The molecule has 3 aliphatic rings. The Labute approximate surface area is 185 Å². The first kappa shape index (κ1) is 21.3. The highest BCUT2D eigenvalue weighted by molar-refractivity contribution is 9.10. The molecule has 160 valence electrons. The zero-order valence-electron chi connectivity index (χ0n) is 17.8. The topological polar surface area (TPSA) is 49.4 Å². The summed E-state index contributed by atoms with van der Waals surface area (Å²) >= 11 is 3.44. The first-order chi connectivity index (χ1) is 14.2. The molecule has 1 aromatic carbocycles. The molecule has 0 saturated carbocycles. The van der Waals surface area contributed by atoms with Crippen LogP contribution in [0.25, 0.3) is 0 Å². The third-order valence-corrected chi connectivity index (χ3v) is 6.88. The van der Waals surface area contributed by atoms with Gasteiger partial charge in [-0.15, -0.1) is 0 Å². The number of nitrogens with one attached hydrogen (secondary N) is 1. The van der Waals surface area contributed by atoms with Gasteiger partial charge in [0, 0.05) is 58.0 Å². The summed E-state index contributed by atoms with van der Waals surface area (Å²) in [7, 11) is 0. The molecule has 1 N–H and O–H groups in total. The molecule has 4 rings (SSSR count). The van der Waals surface area contributed by atoms with Crippen LogP contribution < -0.4 is 5.32 Å². The lowest BCUT2D eigenvalue weighted by molar-refractivity contribution is -0.128. The van der Waals surface area contributed by atoms with Crippen molar-refractivity contribution in [2.75, 3.05) is 13.1 Å². The van der Waals surface area contributed by atoms with Crippen LogP contribution in [0.15, 0.2) is 45.2 Å². The Hall–Kier alpha value is -1.95. The smallest absolute Gasteiger partial charge is 0.252 e. The third-order valence-electron chi connectivity index (χ3n) is 6.38. The number of Topliss-reactive ketones (excluding diaryl/α,β-unsaturated/α-hetero) is 1. The maximum atomic E-state index is 15.1. The van der Waals surface area contributed by atoms with Crippen LogP contribution in [0.5, 0.6) is 0 Å². The average Bonchev–Trinajstić information content (AvgIpc) is 2.68. The summed E-state index contributed by atoms with van der Waals surface area (Å²) in [5.74, 6) is -1.18. The number of allylic oxidation sites excluding steroid dienone is 3. The average molecular weight is 475 g/mol. The molecular formula is C24H28BrFN2O2. The van der Waals surface area contributed by atoms with E-state index in [1.165, 1.54) is 6.07 Å². The van der Waals surface area contributed by atoms with Crippen LogP contribution in [-0.2, 0) is 9.59 Å². The summed E-state index contributed by atoms with van der Waals surface area (Å²) in [6.07, 6.45) is 4.16. The van der Waals surface area contributed by atoms with E-state index in [1.54, 1.807) is 12.1 Å². The number of benzene rings is 1. The maximum absolute atomic E-state index is 15.1. The van der Waals surface area contributed by atoms with Crippen molar-refractivity contribution < 1.29 is 14.0 Å². The lowest BCUT2D eigenvalue weighted by atomic mass is 9.68. The fraction of sp³-hybridized carbons (Fsp3) is 0.500. The van der Waals surface area contributed by atoms with Crippen molar-refractivity contribution in [2.24, 2.45) is 5.41 Å². The standard InChI is InChI=1S/C24H28BrFN2O2/c1-14-20(23(30)28-9-5-4-6-10-28)21(16-11-15(25)7-8-17(16)26)22-18(27-14)12-24(2,3)13-19(22)29/h7-8,11,21,27H,4-6,9-10,12-13H2,1-3H3/t21-/m1/s1. The lowest BCUT2D eigenvalue weighted by Crippen LogP contribution is -2.43. The molecule has 30 heavy (non-hydrogen) atoms. The van der Waals surface area contributed by atoms with Crippen LogP contribution in [0, 0.1) is 11.2 Å². The highest BCUT2D eigenvalue weighted by Gasteiger charge is 2.44. The fourth-order valence-corrected chi connectivity index (χ4v) is 5.41. The van der Waals surface area contributed by atoms with E-state index in [0.717, 1.165) is 35.1 Å². The number of amides is 1. The first-order valence-corrected chi connectivity index (χ1v) is 11.5. The Balaban J connectivity index is 1.87. The second kappa shape index (κ2) is 7.95. The summed E-state index contributed by atoms with van der Waals surface area (Å²) in [5, 5.41) is 3.36. The molecule has 1 aliphatic carbocycles. The number of hydrogen-bond acceptors (Lipinski definition) is 3. The molecule has 1 aromatic rings. The Morgan fingerprint density at radius 2 is 1.90 bits per heavy atom. The number of dihydropyridines is 1. The highest BCUT2D eigenvalue weighted by atomic mass is 79.9. The summed E-state index contributed by atoms with van der Waals surface area (Å²) < 4.78 is 15.8. The predicted octanol–water partition coefficient (Wildman–Crippen LogP) is 5.20.